The molecule has 0 aliphatic rings. The van der Waals surface area contributed by atoms with E-state index >= 15 is 0 Å². The third-order valence-corrected chi connectivity index (χ3v) is 3.56. The molecule has 9 heteroatoms. The summed E-state index contributed by atoms with van der Waals surface area (Å²) >= 11 is 1.48. The lowest BCUT2D eigenvalue weighted by Crippen LogP contribution is -2.46. The Labute approximate surface area is 124 Å². The number of hydrogen-bond donors (Lipinski definition) is 4. The molecule has 0 aliphatic carbocycles. The van der Waals surface area contributed by atoms with Crippen molar-refractivity contribution in [2.75, 3.05) is 0 Å². The van der Waals surface area contributed by atoms with Crippen LogP contribution in [-0.2, 0) is 17.8 Å². The minimum Gasteiger partial charge on any atom is -0.480 e. The van der Waals surface area contributed by atoms with Crippen LogP contribution < -0.4 is 10.6 Å². The lowest BCUT2D eigenvalue weighted by atomic mass is 10.2. The average molecular weight is 309 g/mol. The van der Waals surface area contributed by atoms with Crippen LogP contribution in [0.5, 0.6) is 0 Å². The SMILES string of the molecule is Cc1cnc(CNC(=O)NC(Cc2cnc[nH]2)C(=O)O)s1. The van der Waals surface area contributed by atoms with Crippen LogP contribution in [0.1, 0.15) is 15.6 Å². The van der Waals surface area contributed by atoms with Crippen molar-refractivity contribution in [2.24, 2.45) is 0 Å². The van der Waals surface area contributed by atoms with E-state index in [9.17, 15) is 9.59 Å². The number of aryl methyl sites for hydroxylation is 1. The fourth-order valence-corrected chi connectivity index (χ4v) is 2.39. The van der Waals surface area contributed by atoms with Crippen LogP contribution in [0.2, 0.25) is 0 Å². The van der Waals surface area contributed by atoms with E-state index in [2.05, 4.69) is 25.6 Å². The van der Waals surface area contributed by atoms with Crippen LogP contribution in [0.3, 0.4) is 0 Å². The molecule has 1 atom stereocenters. The van der Waals surface area contributed by atoms with E-state index in [0.29, 0.717) is 5.69 Å². The molecule has 0 aromatic carbocycles. The smallest absolute Gasteiger partial charge is 0.326 e. The molecule has 0 aliphatic heterocycles. The lowest BCUT2D eigenvalue weighted by molar-refractivity contribution is -0.139. The van der Waals surface area contributed by atoms with Crippen LogP contribution >= 0.6 is 11.3 Å². The van der Waals surface area contributed by atoms with Crippen LogP contribution in [-0.4, -0.2) is 38.1 Å². The van der Waals surface area contributed by atoms with E-state index in [1.165, 1.54) is 23.9 Å². The molecule has 0 bridgehead atoms. The summed E-state index contributed by atoms with van der Waals surface area (Å²) in [6, 6.07) is -1.57. The normalized spacial score (nSPS) is 11.9. The molecule has 0 saturated heterocycles. The van der Waals surface area contributed by atoms with Gasteiger partial charge in [0.1, 0.15) is 11.0 Å². The highest BCUT2D eigenvalue weighted by molar-refractivity contribution is 7.11. The topological polar surface area (TPSA) is 120 Å². The summed E-state index contributed by atoms with van der Waals surface area (Å²) in [4.78, 5) is 34.7. The summed E-state index contributed by atoms with van der Waals surface area (Å²) in [6.07, 6.45) is 4.84. The van der Waals surface area contributed by atoms with Gasteiger partial charge in [-0.1, -0.05) is 0 Å². The first-order valence-corrected chi connectivity index (χ1v) is 7.02. The van der Waals surface area contributed by atoms with Crippen molar-refractivity contribution in [1.82, 2.24) is 25.6 Å². The number of amides is 2. The van der Waals surface area contributed by atoms with Gasteiger partial charge in [-0.3, -0.25) is 0 Å². The first-order chi connectivity index (χ1) is 10.0. The molecule has 0 radical (unpaired) electrons. The zero-order chi connectivity index (χ0) is 15.2. The van der Waals surface area contributed by atoms with Gasteiger partial charge in [-0.05, 0) is 6.92 Å². The van der Waals surface area contributed by atoms with Gasteiger partial charge in [0.15, 0.2) is 0 Å². The van der Waals surface area contributed by atoms with Crippen LogP contribution in [0.15, 0.2) is 18.7 Å². The fourth-order valence-electron chi connectivity index (χ4n) is 1.66. The maximum Gasteiger partial charge on any atom is 0.326 e. The number of carbonyl (C=O) groups excluding carboxylic acids is 1. The molecule has 8 nitrogen and oxygen atoms in total. The number of hydrogen-bond acceptors (Lipinski definition) is 5. The first-order valence-electron chi connectivity index (χ1n) is 6.20. The fraction of sp³-hybridized carbons (Fsp3) is 0.333. The number of aromatic amines is 1. The van der Waals surface area contributed by atoms with E-state index in [1.54, 1.807) is 6.20 Å². The molecule has 4 N–H and O–H groups in total. The number of aromatic nitrogens is 3. The maximum atomic E-state index is 11.7. The second-order valence-corrected chi connectivity index (χ2v) is 5.68. The second kappa shape index (κ2) is 6.84. The second-order valence-electron chi connectivity index (χ2n) is 4.36. The lowest BCUT2D eigenvalue weighted by Gasteiger charge is -2.14. The zero-order valence-corrected chi connectivity index (χ0v) is 12.1. The monoisotopic (exact) mass is 309 g/mol. The Morgan fingerprint density at radius 1 is 1.48 bits per heavy atom. The molecule has 2 aromatic rings. The number of aliphatic carboxylic acids is 1. The Morgan fingerprint density at radius 3 is 2.86 bits per heavy atom. The van der Waals surface area contributed by atoms with Crippen molar-refractivity contribution in [3.05, 3.63) is 34.3 Å². The average Bonchev–Trinajstić information content (AvgIpc) is 3.07. The van der Waals surface area contributed by atoms with E-state index in [-0.39, 0.29) is 13.0 Å². The summed E-state index contributed by atoms with van der Waals surface area (Å²) in [5, 5.41) is 14.9. The summed E-state index contributed by atoms with van der Waals surface area (Å²) in [7, 11) is 0. The molecular formula is C12H15N5O3S. The van der Waals surface area contributed by atoms with Gasteiger partial charge in [0, 0.05) is 29.4 Å². The van der Waals surface area contributed by atoms with E-state index in [4.69, 9.17) is 5.11 Å². The quantitative estimate of drug-likeness (QED) is 0.625. The highest BCUT2D eigenvalue weighted by Gasteiger charge is 2.20. The minimum atomic E-state index is -1.11. The molecule has 2 amide bonds. The molecule has 0 fully saturated rings. The number of H-pyrrole nitrogens is 1. The summed E-state index contributed by atoms with van der Waals surface area (Å²) in [5.74, 6) is -1.11. The number of nitrogens with zero attached hydrogens (tertiary/aromatic N) is 2. The third-order valence-electron chi connectivity index (χ3n) is 2.65. The minimum absolute atomic E-state index is 0.138. The Morgan fingerprint density at radius 2 is 2.29 bits per heavy atom. The number of carboxylic acid groups (broad SMARTS) is 1. The highest BCUT2D eigenvalue weighted by Crippen LogP contribution is 2.10. The Bertz CT molecular complexity index is 610. The van der Waals surface area contributed by atoms with Crippen molar-refractivity contribution in [1.29, 1.82) is 0 Å². The summed E-state index contributed by atoms with van der Waals surface area (Å²) in [5.41, 5.74) is 0.637. The molecule has 1 unspecified atom stereocenters. The first kappa shape index (κ1) is 15.0. The predicted octanol–water partition coefficient (Wildman–Crippen LogP) is 0.670. The van der Waals surface area contributed by atoms with Gasteiger partial charge < -0.3 is 20.7 Å². The zero-order valence-electron chi connectivity index (χ0n) is 11.3. The van der Waals surface area contributed by atoms with Crippen molar-refractivity contribution in [3.8, 4) is 0 Å². The number of nitrogens with one attached hydrogen (secondary N) is 3. The molecule has 2 rings (SSSR count). The number of carboxylic acids is 1. The van der Waals surface area contributed by atoms with Gasteiger partial charge in [0.05, 0.1) is 12.9 Å². The van der Waals surface area contributed by atoms with Crippen LogP contribution in [0.4, 0.5) is 4.79 Å². The number of imidazole rings is 1. The van der Waals surface area contributed by atoms with Gasteiger partial charge in [-0.2, -0.15) is 0 Å². The number of rotatable bonds is 6. The van der Waals surface area contributed by atoms with Gasteiger partial charge in [-0.15, -0.1) is 11.3 Å². The number of carbonyl (C=O) groups is 2. The molecule has 2 aromatic heterocycles. The molecular weight excluding hydrogens is 294 g/mol. The standard InChI is InChI=1S/C12H15N5O3S/c1-7-3-14-10(21-7)5-15-12(20)17-9(11(18)19)2-8-4-13-6-16-8/h3-4,6,9H,2,5H2,1H3,(H,13,16)(H,18,19)(H2,15,17,20). The number of urea groups is 1. The van der Waals surface area contributed by atoms with Crippen molar-refractivity contribution >= 4 is 23.3 Å². The van der Waals surface area contributed by atoms with Gasteiger partial charge in [-0.25, -0.2) is 19.6 Å². The number of thiazole rings is 1. The van der Waals surface area contributed by atoms with E-state index < -0.39 is 18.0 Å². The summed E-state index contributed by atoms with van der Waals surface area (Å²) in [6.45, 7) is 2.19. The predicted molar refractivity (Wildman–Crippen MR) is 75.9 cm³/mol. The van der Waals surface area contributed by atoms with Gasteiger partial charge in [0.2, 0.25) is 0 Å². The molecule has 21 heavy (non-hydrogen) atoms. The highest BCUT2D eigenvalue weighted by atomic mass is 32.1. The van der Waals surface area contributed by atoms with E-state index in [0.717, 1.165) is 9.88 Å². The summed E-state index contributed by atoms with van der Waals surface area (Å²) < 4.78 is 0. The van der Waals surface area contributed by atoms with Crippen molar-refractivity contribution in [2.45, 2.75) is 25.9 Å². The molecule has 0 saturated carbocycles. The Balaban J connectivity index is 1.84. The maximum absolute atomic E-state index is 11.7. The van der Waals surface area contributed by atoms with Gasteiger partial charge >= 0.3 is 12.0 Å². The molecule has 112 valence electrons. The van der Waals surface area contributed by atoms with Crippen LogP contribution in [0.25, 0.3) is 0 Å². The van der Waals surface area contributed by atoms with Gasteiger partial charge in [0.25, 0.3) is 0 Å². The molecule has 2 heterocycles. The van der Waals surface area contributed by atoms with Crippen LogP contribution in [0, 0.1) is 6.92 Å². The van der Waals surface area contributed by atoms with E-state index in [1.807, 2.05) is 6.92 Å². The van der Waals surface area contributed by atoms with Crippen molar-refractivity contribution < 1.29 is 14.7 Å². The Hall–Kier alpha value is -2.42. The molecule has 0 spiro atoms. The Kier molecular flexibility index (Phi) is 4.88. The van der Waals surface area contributed by atoms with Crippen molar-refractivity contribution in [3.63, 3.8) is 0 Å². The largest absolute Gasteiger partial charge is 0.480 e. The third kappa shape index (κ3) is 4.56.